The van der Waals surface area contributed by atoms with E-state index < -0.39 is 17.9 Å². The summed E-state index contributed by atoms with van der Waals surface area (Å²) in [4.78, 5) is 0. The van der Waals surface area contributed by atoms with E-state index in [1.165, 1.54) is 25.1 Å². The summed E-state index contributed by atoms with van der Waals surface area (Å²) >= 11 is 3.04. The smallest absolute Gasteiger partial charge is 0.453 e. The molecule has 1 aromatic heterocycles. The van der Waals surface area contributed by atoms with Crippen molar-refractivity contribution in [2.75, 3.05) is 0 Å². The van der Waals surface area contributed by atoms with Crippen LogP contribution >= 0.6 is 15.9 Å². The molecule has 0 unspecified atom stereocenters. The zero-order valence-corrected chi connectivity index (χ0v) is 10.5. The van der Waals surface area contributed by atoms with Crippen molar-refractivity contribution in [3.05, 3.63) is 34.0 Å². The summed E-state index contributed by atoms with van der Waals surface area (Å²) in [6, 6.07) is 4.46. The first-order valence-corrected chi connectivity index (χ1v) is 5.58. The Kier molecular flexibility index (Phi) is 2.92. The number of fused-ring (bicyclic) bond motifs is 1. The molecule has 0 N–H and O–H groups in total. The van der Waals surface area contributed by atoms with Crippen molar-refractivity contribution >= 4 is 26.9 Å². The van der Waals surface area contributed by atoms with E-state index in [4.69, 9.17) is 4.42 Å². The van der Waals surface area contributed by atoms with Crippen LogP contribution in [0, 0.1) is 6.92 Å². The van der Waals surface area contributed by atoms with E-state index in [0.29, 0.717) is 4.47 Å². The minimum atomic E-state index is -5.68. The standard InChI is InChI=1S/C11H6BrF5O/c1-5-6-3-2-4-7(12)8(6)18-9(5)10(13,14)11(15,16)17/h2-4H,1H3. The highest BCUT2D eigenvalue weighted by molar-refractivity contribution is 9.10. The average molecular weight is 329 g/mol. The van der Waals surface area contributed by atoms with E-state index in [-0.39, 0.29) is 16.5 Å². The van der Waals surface area contributed by atoms with E-state index >= 15 is 0 Å². The molecule has 0 aliphatic heterocycles. The topological polar surface area (TPSA) is 13.1 Å². The van der Waals surface area contributed by atoms with Gasteiger partial charge in [-0.3, -0.25) is 0 Å². The number of para-hydroxylation sites is 1. The van der Waals surface area contributed by atoms with Gasteiger partial charge in [0.05, 0.1) is 4.47 Å². The molecule has 1 nitrogen and oxygen atoms in total. The Bertz CT molecular complexity index is 599. The number of hydrogen-bond acceptors (Lipinski definition) is 1. The van der Waals surface area contributed by atoms with Crippen molar-refractivity contribution in [2.24, 2.45) is 0 Å². The molecular formula is C11H6BrF5O. The fourth-order valence-corrected chi connectivity index (χ4v) is 2.08. The third-order valence-electron chi connectivity index (χ3n) is 2.56. The third-order valence-corrected chi connectivity index (χ3v) is 3.18. The molecule has 0 saturated heterocycles. The molecule has 0 aliphatic rings. The fraction of sp³-hybridized carbons (Fsp3) is 0.273. The maximum Gasteiger partial charge on any atom is 0.461 e. The second kappa shape index (κ2) is 3.94. The molecule has 2 aromatic rings. The molecule has 0 saturated carbocycles. The lowest BCUT2D eigenvalue weighted by Gasteiger charge is -2.17. The lowest BCUT2D eigenvalue weighted by molar-refractivity contribution is -0.295. The van der Waals surface area contributed by atoms with Gasteiger partial charge in [0.25, 0.3) is 0 Å². The molecule has 7 heteroatoms. The Hall–Kier alpha value is -1.11. The van der Waals surface area contributed by atoms with Crippen molar-refractivity contribution in [1.29, 1.82) is 0 Å². The molecule has 0 spiro atoms. The van der Waals surface area contributed by atoms with E-state index in [9.17, 15) is 22.0 Å². The summed E-state index contributed by atoms with van der Waals surface area (Å²) in [7, 11) is 0. The molecule has 2 rings (SSSR count). The van der Waals surface area contributed by atoms with Gasteiger partial charge in [-0.25, -0.2) is 0 Å². The molecule has 98 valence electrons. The predicted octanol–water partition coefficient (Wildman–Crippen LogP) is 5.16. The maximum atomic E-state index is 13.3. The lowest BCUT2D eigenvalue weighted by atomic mass is 10.1. The molecular weight excluding hydrogens is 323 g/mol. The van der Waals surface area contributed by atoms with Crippen molar-refractivity contribution in [3.8, 4) is 0 Å². The second-order valence-electron chi connectivity index (χ2n) is 3.74. The number of halogens is 6. The second-order valence-corrected chi connectivity index (χ2v) is 4.60. The van der Waals surface area contributed by atoms with E-state index in [0.717, 1.165) is 0 Å². The highest BCUT2D eigenvalue weighted by atomic mass is 79.9. The van der Waals surface area contributed by atoms with E-state index in [1.807, 2.05) is 0 Å². The largest absolute Gasteiger partial charge is 0.461 e. The maximum absolute atomic E-state index is 13.3. The summed E-state index contributed by atoms with van der Waals surface area (Å²) < 4.78 is 68.5. The van der Waals surface area contributed by atoms with Crippen LogP contribution < -0.4 is 0 Å². The van der Waals surface area contributed by atoms with Gasteiger partial charge in [-0.2, -0.15) is 22.0 Å². The summed E-state index contributed by atoms with van der Waals surface area (Å²) in [5.74, 6) is -6.37. The molecule has 0 aliphatic carbocycles. The molecule has 1 aromatic carbocycles. The average Bonchev–Trinajstić information content (AvgIpc) is 2.57. The fourth-order valence-electron chi connectivity index (χ4n) is 1.64. The molecule has 0 atom stereocenters. The Morgan fingerprint density at radius 1 is 1.11 bits per heavy atom. The van der Waals surface area contributed by atoms with E-state index in [1.54, 1.807) is 0 Å². The van der Waals surface area contributed by atoms with Crippen LogP contribution in [0.15, 0.2) is 27.1 Å². The Morgan fingerprint density at radius 2 is 1.72 bits per heavy atom. The van der Waals surface area contributed by atoms with Crippen LogP contribution in [0.1, 0.15) is 11.3 Å². The van der Waals surface area contributed by atoms with Crippen molar-refractivity contribution in [1.82, 2.24) is 0 Å². The SMILES string of the molecule is Cc1c(C(F)(F)C(F)(F)F)oc2c(Br)cccc12. The lowest BCUT2D eigenvalue weighted by Crippen LogP contribution is -2.33. The number of rotatable bonds is 1. The Balaban J connectivity index is 2.74. The van der Waals surface area contributed by atoms with Gasteiger partial charge >= 0.3 is 12.1 Å². The Morgan fingerprint density at radius 3 is 2.22 bits per heavy atom. The first kappa shape index (κ1) is 13.3. The minimum Gasteiger partial charge on any atom is -0.453 e. The monoisotopic (exact) mass is 328 g/mol. The molecule has 0 bridgehead atoms. The number of hydrogen-bond donors (Lipinski definition) is 0. The molecule has 0 amide bonds. The van der Waals surface area contributed by atoms with Crippen molar-refractivity contribution in [3.63, 3.8) is 0 Å². The van der Waals surface area contributed by atoms with Gasteiger partial charge < -0.3 is 4.42 Å². The minimum absolute atomic E-state index is 0.0195. The third kappa shape index (κ3) is 1.81. The number of benzene rings is 1. The molecule has 0 radical (unpaired) electrons. The molecule has 18 heavy (non-hydrogen) atoms. The van der Waals surface area contributed by atoms with Gasteiger partial charge in [0.2, 0.25) is 0 Å². The van der Waals surface area contributed by atoms with Gasteiger partial charge in [-0.15, -0.1) is 0 Å². The first-order valence-electron chi connectivity index (χ1n) is 4.79. The number of aryl methyl sites for hydroxylation is 1. The quantitative estimate of drug-likeness (QED) is 0.659. The summed E-state index contributed by atoms with van der Waals surface area (Å²) in [6.07, 6.45) is -5.68. The predicted molar refractivity (Wildman–Crippen MR) is 58.6 cm³/mol. The highest BCUT2D eigenvalue weighted by Gasteiger charge is 2.62. The van der Waals surface area contributed by atoms with Gasteiger partial charge in [0.1, 0.15) is 5.58 Å². The highest BCUT2D eigenvalue weighted by Crippen LogP contribution is 2.47. The summed E-state index contributed by atoms with van der Waals surface area (Å²) in [6.45, 7) is 1.17. The van der Waals surface area contributed by atoms with Crippen LogP contribution in [0.3, 0.4) is 0 Å². The zero-order chi connectivity index (χ0) is 13.7. The van der Waals surface area contributed by atoms with Crippen LogP contribution in [-0.4, -0.2) is 6.18 Å². The van der Waals surface area contributed by atoms with Crippen LogP contribution in [0.25, 0.3) is 11.0 Å². The van der Waals surface area contributed by atoms with Crippen LogP contribution in [0.5, 0.6) is 0 Å². The zero-order valence-electron chi connectivity index (χ0n) is 8.91. The van der Waals surface area contributed by atoms with E-state index in [2.05, 4.69) is 15.9 Å². The van der Waals surface area contributed by atoms with Crippen molar-refractivity contribution < 1.29 is 26.4 Å². The number of furan rings is 1. The summed E-state index contributed by atoms with van der Waals surface area (Å²) in [5, 5.41) is 0.225. The van der Waals surface area contributed by atoms with Crippen molar-refractivity contribution in [2.45, 2.75) is 19.0 Å². The van der Waals surface area contributed by atoms with Gasteiger partial charge in [0.15, 0.2) is 5.76 Å². The van der Waals surface area contributed by atoms with Gasteiger partial charge in [0, 0.05) is 10.9 Å². The summed E-state index contributed by atoms with van der Waals surface area (Å²) in [5.41, 5.74) is -0.234. The number of alkyl halides is 5. The first-order chi connectivity index (χ1) is 8.16. The van der Waals surface area contributed by atoms with Crippen LogP contribution in [0.4, 0.5) is 22.0 Å². The molecule has 0 fully saturated rings. The van der Waals surface area contributed by atoms with Gasteiger partial charge in [-0.05, 0) is 28.9 Å². The van der Waals surface area contributed by atoms with Crippen LogP contribution in [0.2, 0.25) is 0 Å². The van der Waals surface area contributed by atoms with Gasteiger partial charge in [-0.1, -0.05) is 12.1 Å². The van der Waals surface area contributed by atoms with Crippen LogP contribution in [-0.2, 0) is 5.92 Å². The molecule has 1 heterocycles. The normalized spacial score (nSPS) is 13.3. The Labute approximate surface area is 107 Å².